The van der Waals surface area contributed by atoms with Gasteiger partial charge in [0.2, 0.25) is 0 Å². The zero-order chi connectivity index (χ0) is 24.9. The molecule has 0 bridgehead atoms. The molecule has 184 valence electrons. The van der Waals surface area contributed by atoms with Crippen molar-refractivity contribution in [2.75, 3.05) is 0 Å². The molecule has 0 amide bonds. The second kappa shape index (κ2) is 9.11. The van der Waals surface area contributed by atoms with E-state index in [-0.39, 0.29) is 6.10 Å². The molecule has 2 aromatic heterocycles. The van der Waals surface area contributed by atoms with Crippen molar-refractivity contribution >= 4 is 21.6 Å². The third kappa shape index (κ3) is 4.24. The first-order valence-electron chi connectivity index (χ1n) is 12.7. The normalized spacial score (nSPS) is 22.1. The van der Waals surface area contributed by atoms with Crippen LogP contribution in [0.15, 0.2) is 40.9 Å². The molecule has 2 saturated carbocycles. The van der Waals surface area contributed by atoms with Crippen LogP contribution in [0.4, 0.5) is 0 Å². The Balaban J connectivity index is 1.17. The fraction of sp³-hybridized carbons (Fsp3) is 0.414. The van der Waals surface area contributed by atoms with Crippen LogP contribution in [0.3, 0.4) is 0 Å². The zero-order valence-electron chi connectivity index (χ0n) is 20.6. The van der Waals surface area contributed by atoms with Crippen molar-refractivity contribution < 1.29 is 14.4 Å². The van der Waals surface area contributed by atoms with E-state index >= 15 is 0 Å². The molecule has 0 radical (unpaired) electrons. The fourth-order valence-electron chi connectivity index (χ4n) is 5.36. The molecule has 0 unspecified atom stereocenters. The number of hydrogen-bond acceptors (Lipinski definition) is 7. The van der Waals surface area contributed by atoms with Crippen molar-refractivity contribution in [2.45, 2.75) is 76.6 Å². The first-order chi connectivity index (χ1) is 17.4. The highest BCUT2D eigenvalue weighted by Gasteiger charge is 2.39. The average molecular weight is 500 g/mol. The van der Waals surface area contributed by atoms with E-state index < -0.39 is 5.60 Å². The summed E-state index contributed by atoms with van der Waals surface area (Å²) in [5, 5.41) is 25.8. The van der Waals surface area contributed by atoms with Crippen LogP contribution in [0.25, 0.3) is 21.5 Å². The molecule has 2 aliphatic rings. The zero-order valence-corrected chi connectivity index (χ0v) is 21.4. The number of aromatic nitrogens is 2. The van der Waals surface area contributed by atoms with Crippen molar-refractivity contribution in [2.24, 2.45) is 0 Å². The second-order valence-corrected chi connectivity index (χ2v) is 11.3. The molecule has 6 rings (SSSR count). The van der Waals surface area contributed by atoms with Crippen LogP contribution in [0.5, 0.6) is 0 Å². The first kappa shape index (κ1) is 23.4. The number of nitriles is 1. The number of ether oxygens (including phenoxy) is 1. The summed E-state index contributed by atoms with van der Waals surface area (Å²) in [4.78, 5) is 4.69. The first-order valence-corrected chi connectivity index (χ1v) is 13.5. The van der Waals surface area contributed by atoms with Gasteiger partial charge >= 0.3 is 0 Å². The largest absolute Gasteiger partial charge is 0.383 e. The van der Waals surface area contributed by atoms with Gasteiger partial charge < -0.3 is 14.4 Å². The Morgan fingerprint density at radius 2 is 1.89 bits per heavy atom. The SMILES string of the molecule is Cc1cccc(C)c1-c1noc(C2CC2)c1COC1CCC(O)(c2nc3ccc(C#N)cc3s2)CC1. The smallest absolute Gasteiger partial charge is 0.145 e. The highest BCUT2D eigenvalue weighted by atomic mass is 32.1. The Morgan fingerprint density at radius 3 is 2.58 bits per heavy atom. The lowest BCUT2D eigenvalue weighted by Crippen LogP contribution is -2.34. The van der Waals surface area contributed by atoms with Crippen LogP contribution in [-0.4, -0.2) is 21.4 Å². The molecule has 4 aromatic rings. The Labute approximate surface area is 214 Å². The summed E-state index contributed by atoms with van der Waals surface area (Å²) in [7, 11) is 0. The monoisotopic (exact) mass is 499 g/mol. The third-order valence-electron chi connectivity index (χ3n) is 7.62. The molecule has 1 N–H and O–H groups in total. The van der Waals surface area contributed by atoms with E-state index in [4.69, 9.17) is 14.2 Å². The van der Waals surface area contributed by atoms with E-state index in [1.807, 2.05) is 12.1 Å². The topological polar surface area (TPSA) is 92.2 Å². The van der Waals surface area contributed by atoms with Gasteiger partial charge in [-0.15, -0.1) is 11.3 Å². The summed E-state index contributed by atoms with van der Waals surface area (Å²) in [6.07, 6.45) is 5.08. The summed E-state index contributed by atoms with van der Waals surface area (Å²) in [6, 6.07) is 13.9. The Bertz CT molecular complexity index is 1450. The molecule has 7 heteroatoms. The van der Waals surface area contributed by atoms with Gasteiger partial charge in [-0.1, -0.05) is 23.4 Å². The lowest BCUT2D eigenvalue weighted by atomic mass is 9.83. The highest BCUT2D eigenvalue weighted by molar-refractivity contribution is 7.18. The Morgan fingerprint density at radius 1 is 1.14 bits per heavy atom. The number of nitrogens with zero attached hydrogens (tertiary/aromatic N) is 3. The van der Waals surface area contributed by atoms with E-state index in [1.54, 1.807) is 6.07 Å². The summed E-state index contributed by atoms with van der Waals surface area (Å²) in [6.45, 7) is 4.70. The number of rotatable bonds is 6. The van der Waals surface area contributed by atoms with Crippen molar-refractivity contribution in [3.8, 4) is 17.3 Å². The van der Waals surface area contributed by atoms with Crippen molar-refractivity contribution in [3.63, 3.8) is 0 Å². The van der Waals surface area contributed by atoms with Crippen LogP contribution in [-0.2, 0) is 16.9 Å². The number of aliphatic hydroxyl groups is 1. The van der Waals surface area contributed by atoms with Crippen molar-refractivity contribution in [3.05, 3.63) is 69.4 Å². The third-order valence-corrected chi connectivity index (χ3v) is 8.83. The molecule has 0 aliphatic heterocycles. The quantitative estimate of drug-likeness (QED) is 0.319. The summed E-state index contributed by atoms with van der Waals surface area (Å²) in [5.74, 6) is 1.43. The molecular formula is C29H29N3O3S. The molecule has 2 fully saturated rings. The van der Waals surface area contributed by atoms with Crippen LogP contribution >= 0.6 is 11.3 Å². The standard InChI is InChI=1S/C29H29N3O3S/c1-17-4-3-5-18(2)25(17)26-22(27(35-32-26)20-7-8-20)16-34-21-10-12-29(33,13-11-21)28-31-23-9-6-19(15-30)14-24(23)36-28/h3-6,9,14,20-21,33H,7-8,10-13,16H2,1-2H3. The van der Waals surface area contributed by atoms with Gasteiger partial charge in [0, 0.05) is 17.0 Å². The van der Waals surface area contributed by atoms with E-state index in [9.17, 15) is 10.4 Å². The maximum atomic E-state index is 11.4. The molecule has 36 heavy (non-hydrogen) atoms. The minimum absolute atomic E-state index is 0.0672. The van der Waals surface area contributed by atoms with E-state index in [0.29, 0.717) is 30.9 Å². The number of benzene rings is 2. The van der Waals surface area contributed by atoms with Crippen LogP contribution in [0.2, 0.25) is 0 Å². The maximum absolute atomic E-state index is 11.4. The van der Waals surface area contributed by atoms with Gasteiger partial charge in [0.05, 0.1) is 34.6 Å². The summed E-state index contributed by atoms with van der Waals surface area (Å²) >= 11 is 1.49. The van der Waals surface area contributed by atoms with Gasteiger partial charge in [0.25, 0.3) is 0 Å². The summed E-state index contributed by atoms with van der Waals surface area (Å²) in [5.41, 5.74) is 6.00. The lowest BCUT2D eigenvalue weighted by molar-refractivity contribution is -0.0640. The summed E-state index contributed by atoms with van der Waals surface area (Å²) < 4.78 is 13.2. The van der Waals surface area contributed by atoms with Crippen LogP contribution in [0, 0.1) is 25.2 Å². The number of thiazole rings is 1. The molecule has 6 nitrogen and oxygen atoms in total. The predicted octanol–water partition coefficient (Wildman–Crippen LogP) is 6.66. The Hall–Kier alpha value is -3.05. The minimum atomic E-state index is -0.948. The molecule has 2 aromatic carbocycles. The predicted molar refractivity (Wildman–Crippen MR) is 139 cm³/mol. The van der Waals surface area contributed by atoms with E-state index in [2.05, 4.69) is 43.3 Å². The van der Waals surface area contributed by atoms with Gasteiger partial charge in [0.1, 0.15) is 22.1 Å². The van der Waals surface area contributed by atoms with Crippen molar-refractivity contribution in [1.82, 2.24) is 10.1 Å². The molecule has 0 saturated heterocycles. The molecular weight excluding hydrogens is 470 g/mol. The van der Waals surface area contributed by atoms with Crippen molar-refractivity contribution in [1.29, 1.82) is 5.26 Å². The highest BCUT2D eigenvalue weighted by Crippen LogP contribution is 2.46. The maximum Gasteiger partial charge on any atom is 0.145 e. The Kier molecular flexibility index (Phi) is 5.91. The number of fused-ring (bicyclic) bond motifs is 1. The molecule has 2 heterocycles. The van der Waals surface area contributed by atoms with Gasteiger partial charge in [-0.25, -0.2) is 4.98 Å². The van der Waals surface area contributed by atoms with Crippen LogP contribution < -0.4 is 0 Å². The second-order valence-electron chi connectivity index (χ2n) is 10.3. The average Bonchev–Trinajstić information content (AvgIpc) is 3.49. The van der Waals surface area contributed by atoms with Gasteiger partial charge in [-0.05, 0) is 81.7 Å². The lowest BCUT2D eigenvalue weighted by Gasteiger charge is -2.34. The fourth-order valence-corrected chi connectivity index (χ4v) is 6.51. The van der Waals surface area contributed by atoms with E-state index in [0.717, 1.165) is 63.5 Å². The minimum Gasteiger partial charge on any atom is -0.383 e. The molecule has 0 spiro atoms. The van der Waals surface area contributed by atoms with Crippen LogP contribution in [0.1, 0.15) is 77.5 Å². The van der Waals surface area contributed by atoms with E-state index in [1.165, 1.54) is 22.5 Å². The van der Waals surface area contributed by atoms with Gasteiger partial charge in [-0.3, -0.25) is 0 Å². The molecule has 0 atom stereocenters. The van der Waals surface area contributed by atoms with Gasteiger partial charge in [0.15, 0.2) is 0 Å². The number of hydrogen-bond donors (Lipinski definition) is 1. The van der Waals surface area contributed by atoms with Gasteiger partial charge in [-0.2, -0.15) is 5.26 Å². The number of aryl methyl sites for hydroxylation is 2. The molecule has 2 aliphatic carbocycles.